The average molecular weight is 319 g/mol. The number of nitriles is 1. The maximum atomic E-state index is 14.2. The second kappa shape index (κ2) is 5.47. The Kier molecular flexibility index (Phi) is 3.40. The van der Waals surface area contributed by atoms with Gasteiger partial charge in [-0.3, -0.25) is 0 Å². The van der Waals surface area contributed by atoms with E-state index in [-0.39, 0.29) is 5.82 Å². The van der Waals surface area contributed by atoms with Crippen LogP contribution >= 0.6 is 0 Å². The summed E-state index contributed by atoms with van der Waals surface area (Å²) in [5.74, 6) is -0.202. The van der Waals surface area contributed by atoms with Gasteiger partial charge in [-0.05, 0) is 55.9 Å². The van der Waals surface area contributed by atoms with Crippen molar-refractivity contribution in [3.63, 3.8) is 0 Å². The Morgan fingerprint density at radius 3 is 2.83 bits per heavy atom. The van der Waals surface area contributed by atoms with E-state index in [1.165, 1.54) is 0 Å². The standard InChI is InChI=1S/C20H18FN3/c1-23(2)17-8-15-7-16(21)9-18-19(12-24(11-17)20(15)18)14-5-3-4-13(6-14)10-22/h3-7,9,12,17H,8,11H2,1-2H3/t17-/m1/s1. The molecule has 1 atom stereocenters. The highest BCUT2D eigenvalue weighted by atomic mass is 19.1. The highest BCUT2D eigenvalue weighted by Crippen LogP contribution is 2.36. The SMILES string of the molecule is CN(C)[C@@H]1Cc2cc(F)cc3c(-c4cccc(C#N)c4)cn(c23)C1. The first-order valence-corrected chi connectivity index (χ1v) is 8.05. The maximum absolute atomic E-state index is 14.2. The zero-order valence-electron chi connectivity index (χ0n) is 13.8. The van der Waals surface area contributed by atoms with E-state index in [4.69, 9.17) is 5.26 Å². The fraction of sp³-hybridized carbons (Fsp3) is 0.250. The first-order valence-electron chi connectivity index (χ1n) is 8.05. The lowest BCUT2D eigenvalue weighted by Gasteiger charge is -2.29. The van der Waals surface area contributed by atoms with Crippen LogP contribution in [-0.2, 0) is 13.0 Å². The molecular weight excluding hydrogens is 301 g/mol. The first-order chi connectivity index (χ1) is 11.6. The van der Waals surface area contributed by atoms with Gasteiger partial charge in [-0.1, -0.05) is 12.1 Å². The second-order valence-electron chi connectivity index (χ2n) is 6.67. The molecule has 4 rings (SSSR count). The molecule has 4 heteroatoms. The van der Waals surface area contributed by atoms with Crippen molar-refractivity contribution in [1.82, 2.24) is 9.47 Å². The molecular formula is C20H18FN3. The van der Waals surface area contributed by atoms with Crippen molar-refractivity contribution >= 4 is 10.9 Å². The van der Waals surface area contributed by atoms with Gasteiger partial charge in [-0.25, -0.2) is 4.39 Å². The van der Waals surface area contributed by atoms with Crippen LogP contribution in [0.4, 0.5) is 4.39 Å². The Labute approximate surface area is 140 Å². The smallest absolute Gasteiger partial charge is 0.124 e. The molecule has 0 bridgehead atoms. The lowest BCUT2D eigenvalue weighted by Crippen LogP contribution is -2.36. The molecule has 0 aliphatic carbocycles. The predicted molar refractivity (Wildman–Crippen MR) is 93.2 cm³/mol. The predicted octanol–water partition coefficient (Wildman–Crippen LogP) is 3.81. The minimum atomic E-state index is -0.202. The van der Waals surface area contributed by atoms with Crippen molar-refractivity contribution in [2.24, 2.45) is 0 Å². The van der Waals surface area contributed by atoms with Gasteiger partial charge in [0, 0.05) is 29.7 Å². The van der Waals surface area contributed by atoms with E-state index < -0.39 is 0 Å². The molecule has 3 aromatic rings. The Morgan fingerprint density at radius 1 is 1.25 bits per heavy atom. The molecule has 0 fully saturated rings. The normalized spacial score (nSPS) is 16.5. The summed E-state index contributed by atoms with van der Waals surface area (Å²) in [5.41, 5.74) is 4.73. The highest BCUT2D eigenvalue weighted by molar-refractivity contribution is 5.98. The third-order valence-corrected chi connectivity index (χ3v) is 4.91. The van der Waals surface area contributed by atoms with Gasteiger partial charge in [0.15, 0.2) is 0 Å². The van der Waals surface area contributed by atoms with E-state index in [0.29, 0.717) is 11.6 Å². The molecule has 24 heavy (non-hydrogen) atoms. The molecule has 0 saturated carbocycles. The van der Waals surface area contributed by atoms with Crippen molar-refractivity contribution < 1.29 is 4.39 Å². The molecule has 1 aliphatic rings. The third-order valence-electron chi connectivity index (χ3n) is 4.91. The summed E-state index contributed by atoms with van der Waals surface area (Å²) in [6.07, 6.45) is 2.95. The van der Waals surface area contributed by atoms with Gasteiger partial charge in [0.05, 0.1) is 17.1 Å². The van der Waals surface area contributed by atoms with E-state index >= 15 is 0 Å². The van der Waals surface area contributed by atoms with Crippen LogP contribution in [0.2, 0.25) is 0 Å². The van der Waals surface area contributed by atoms with Gasteiger partial charge in [-0.2, -0.15) is 5.26 Å². The van der Waals surface area contributed by atoms with Gasteiger partial charge < -0.3 is 9.47 Å². The van der Waals surface area contributed by atoms with Gasteiger partial charge in [0.2, 0.25) is 0 Å². The summed E-state index contributed by atoms with van der Waals surface area (Å²) in [6, 6.07) is 13.3. The van der Waals surface area contributed by atoms with Crippen LogP contribution in [0.3, 0.4) is 0 Å². The minimum absolute atomic E-state index is 0.202. The van der Waals surface area contributed by atoms with E-state index in [9.17, 15) is 4.39 Å². The summed E-state index contributed by atoms with van der Waals surface area (Å²) >= 11 is 0. The number of nitrogens with zero attached hydrogens (tertiary/aromatic N) is 3. The van der Waals surface area contributed by atoms with Gasteiger partial charge >= 0.3 is 0 Å². The first kappa shape index (κ1) is 14.9. The summed E-state index contributed by atoms with van der Waals surface area (Å²) in [4.78, 5) is 2.19. The topological polar surface area (TPSA) is 32.0 Å². The van der Waals surface area contributed by atoms with E-state index in [0.717, 1.165) is 40.6 Å². The highest BCUT2D eigenvalue weighted by Gasteiger charge is 2.25. The molecule has 2 aromatic carbocycles. The van der Waals surface area contributed by atoms with Crippen LogP contribution in [-0.4, -0.2) is 29.6 Å². The molecule has 2 heterocycles. The molecule has 0 N–H and O–H groups in total. The number of hydrogen-bond acceptors (Lipinski definition) is 2. The zero-order valence-corrected chi connectivity index (χ0v) is 13.8. The van der Waals surface area contributed by atoms with Gasteiger partial charge in [-0.15, -0.1) is 0 Å². The van der Waals surface area contributed by atoms with Gasteiger partial charge in [0.25, 0.3) is 0 Å². The molecule has 0 radical (unpaired) electrons. The lowest BCUT2D eigenvalue weighted by molar-refractivity contribution is 0.258. The maximum Gasteiger partial charge on any atom is 0.124 e. The fourth-order valence-corrected chi connectivity index (χ4v) is 3.67. The van der Waals surface area contributed by atoms with E-state index in [1.807, 2.05) is 18.2 Å². The van der Waals surface area contributed by atoms with Crippen molar-refractivity contribution in [2.45, 2.75) is 19.0 Å². The number of likely N-dealkylation sites (N-methyl/N-ethyl adjacent to an activating group) is 1. The van der Waals surface area contributed by atoms with E-state index in [1.54, 1.807) is 18.2 Å². The Balaban J connectivity index is 1.96. The van der Waals surface area contributed by atoms with E-state index in [2.05, 4.69) is 35.8 Å². The molecule has 0 amide bonds. The molecule has 0 unspecified atom stereocenters. The molecule has 0 spiro atoms. The van der Waals surface area contributed by atoms with Crippen molar-refractivity contribution in [3.8, 4) is 17.2 Å². The summed E-state index contributed by atoms with van der Waals surface area (Å²) in [6.45, 7) is 0.889. The summed E-state index contributed by atoms with van der Waals surface area (Å²) in [5, 5.41) is 10.1. The second-order valence-corrected chi connectivity index (χ2v) is 6.67. The fourth-order valence-electron chi connectivity index (χ4n) is 3.67. The summed E-state index contributed by atoms with van der Waals surface area (Å²) < 4.78 is 16.4. The monoisotopic (exact) mass is 319 g/mol. The largest absolute Gasteiger partial charge is 0.345 e. The molecule has 1 aliphatic heterocycles. The quantitative estimate of drug-likeness (QED) is 0.719. The number of halogens is 1. The summed E-state index contributed by atoms with van der Waals surface area (Å²) in [7, 11) is 4.12. The minimum Gasteiger partial charge on any atom is -0.345 e. The molecule has 0 saturated heterocycles. The molecule has 120 valence electrons. The van der Waals surface area contributed by atoms with Gasteiger partial charge in [0.1, 0.15) is 5.82 Å². The Morgan fingerprint density at radius 2 is 2.08 bits per heavy atom. The van der Waals surface area contributed by atoms with Crippen LogP contribution in [0.25, 0.3) is 22.0 Å². The van der Waals surface area contributed by atoms with Crippen LogP contribution in [0.1, 0.15) is 11.1 Å². The van der Waals surface area contributed by atoms with Crippen LogP contribution in [0, 0.1) is 17.1 Å². The van der Waals surface area contributed by atoms with Crippen molar-refractivity contribution in [3.05, 3.63) is 59.5 Å². The number of rotatable bonds is 2. The zero-order chi connectivity index (χ0) is 16.8. The average Bonchev–Trinajstić information content (AvgIpc) is 2.94. The molecule has 1 aromatic heterocycles. The molecule has 3 nitrogen and oxygen atoms in total. The third kappa shape index (κ3) is 2.29. The van der Waals surface area contributed by atoms with Crippen molar-refractivity contribution in [1.29, 1.82) is 5.26 Å². The number of benzene rings is 2. The Bertz CT molecular complexity index is 978. The van der Waals surface area contributed by atoms with Crippen LogP contribution in [0.15, 0.2) is 42.6 Å². The van der Waals surface area contributed by atoms with Crippen LogP contribution < -0.4 is 0 Å². The lowest BCUT2D eigenvalue weighted by atomic mass is 9.97. The number of hydrogen-bond donors (Lipinski definition) is 0. The van der Waals surface area contributed by atoms with Crippen molar-refractivity contribution in [2.75, 3.05) is 14.1 Å². The Hall–Kier alpha value is -2.64. The van der Waals surface area contributed by atoms with Crippen LogP contribution in [0.5, 0.6) is 0 Å². The number of aromatic nitrogens is 1.